The van der Waals surface area contributed by atoms with Crippen LogP contribution in [-0.4, -0.2) is 18.1 Å². The van der Waals surface area contributed by atoms with Gasteiger partial charge in [-0.05, 0) is 23.8 Å². The number of ether oxygens (including phenoxy) is 2. The zero-order valence-electron chi connectivity index (χ0n) is 10.7. The molecule has 0 amide bonds. The maximum Gasteiger partial charge on any atom is 0.433 e. The summed E-state index contributed by atoms with van der Waals surface area (Å²) in [7, 11) is 0. The summed E-state index contributed by atoms with van der Waals surface area (Å²) < 4.78 is 16.8. The molecule has 0 saturated carbocycles. The summed E-state index contributed by atoms with van der Waals surface area (Å²) in [5.74, 6) is 1.19. The van der Waals surface area contributed by atoms with Gasteiger partial charge in [-0.15, -0.1) is 0 Å². The minimum absolute atomic E-state index is 0.305. The van der Waals surface area contributed by atoms with Gasteiger partial charge in [-0.2, -0.15) is 0 Å². The molecular weight excluding hydrogens is 344 g/mol. The minimum atomic E-state index is -0.649. The van der Waals surface area contributed by atoms with Gasteiger partial charge in [0.05, 0.1) is 12.1 Å². The zero-order chi connectivity index (χ0) is 15.0. The Morgan fingerprint density at radius 3 is 2.52 bits per heavy atom. The Hall–Kier alpha value is -2.06. The first kappa shape index (κ1) is 13.9. The van der Waals surface area contributed by atoms with Crippen LogP contribution in [0, 0.1) is 10.1 Å². The third-order valence-corrected chi connectivity index (χ3v) is 3.78. The Labute approximate surface area is 127 Å². The van der Waals surface area contributed by atoms with Crippen molar-refractivity contribution in [1.82, 2.24) is 0 Å². The molecule has 2 N–H and O–H groups in total. The lowest BCUT2D eigenvalue weighted by Crippen LogP contribution is -2.17. The fraction of sp³-hybridized carbons (Fsp3) is 0.231. The van der Waals surface area contributed by atoms with Crippen LogP contribution < -0.4 is 15.2 Å². The van der Waals surface area contributed by atoms with E-state index in [4.69, 9.17) is 19.6 Å². The minimum Gasteiger partial charge on any atom is -0.486 e. The van der Waals surface area contributed by atoms with Crippen molar-refractivity contribution >= 4 is 21.8 Å². The number of nitrogens with two attached hydrogens (primary N) is 1. The Morgan fingerprint density at radius 1 is 1.24 bits per heavy atom. The number of hydrogen-bond donors (Lipinski definition) is 1. The van der Waals surface area contributed by atoms with E-state index in [0.29, 0.717) is 36.0 Å². The fourth-order valence-corrected chi connectivity index (χ4v) is 2.65. The Morgan fingerprint density at radius 2 is 1.90 bits per heavy atom. The number of fused-ring (bicyclic) bond motifs is 1. The van der Waals surface area contributed by atoms with Crippen LogP contribution in [0.15, 0.2) is 33.2 Å². The molecule has 0 radical (unpaired) electrons. The molecule has 1 aliphatic heterocycles. The number of nitrogens with zero attached hydrogens (tertiary/aromatic N) is 1. The van der Waals surface area contributed by atoms with E-state index in [1.165, 1.54) is 12.1 Å². The van der Waals surface area contributed by atoms with E-state index in [1.54, 1.807) is 12.1 Å². The van der Waals surface area contributed by atoms with Crippen LogP contribution in [0.25, 0.3) is 0 Å². The Balaban J connectivity index is 1.96. The second-order valence-electron chi connectivity index (χ2n) is 4.43. The van der Waals surface area contributed by atoms with Gasteiger partial charge < -0.3 is 19.6 Å². The first-order valence-electron chi connectivity index (χ1n) is 6.15. The molecule has 21 heavy (non-hydrogen) atoms. The number of furan rings is 1. The van der Waals surface area contributed by atoms with Crippen molar-refractivity contribution in [1.29, 1.82) is 0 Å². The van der Waals surface area contributed by atoms with Crippen LogP contribution >= 0.6 is 15.9 Å². The van der Waals surface area contributed by atoms with E-state index in [1.807, 2.05) is 0 Å². The van der Waals surface area contributed by atoms with Gasteiger partial charge >= 0.3 is 5.88 Å². The summed E-state index contributed by atoms with van der Waals surface area (Å²) in [5.41, 5.74) is 6.82. The molecule has 0 saturated heterocycles. The molecule has 0 spiro atoms. The van der Waals surface area contributed by atoms with E-state index in [9.17, 15) is 10.1 Å². The van der Waals surface area contributed by atoms with Crippen LogP contribution in [0.5, 0.6) is 11.5 Å². The topological polar surface area (TPSA) is 101 Å². The summed E-state index contributed by atoms with van der Waals surface area (Å²) in [6.45, 7) is 0.963. The SMILES string of the molecule is NC(c1ccc([N+](=O)[O-])o1)c1cc2c(cc1Br)OCCO2. The van der Waals surface area contributed by atoms with Gasteiger partial charge in [0.1, 0.15) is 23.9 Å². The normalized spacial score (nSPS) is 14.8. The van der Waals surface area contributed by atoms with Crippen LogP contribution in [0.4, 0.5) is 5.88 Å². The van der Waals surface area contributed by atoms with Crippen molar-refractivity contribution in [3.63, 3.8) is 0 Å². The maximum absolute atomic E-state index is 10.7. The molecule has 3 rings (SSSR count). The summed E-state index contributed by atoms with van der Waals surface area (Å²) in [6.07, 6.45) is 0. The Bertz CT molecular complexity index is 700. The van der Waals surface area contributed by atoms with Gasteiger partial charge in [-0.25, -0.2) is 0 Å². The van der Waals surface area contributed by atoms with Crippen LogP contribution in [0.3, 0.4) is 0 Å². The van der Waals surface area contributed by atoms with Crippen molar-refractivity contribution in [3.05, 3.63) is 50.2 Å². The fourth-order valence-electron chi connectivity index (χ4n) is 2.08. The lowest BCUT2D eigenvalue weighted by molar-refractivity contribution is -0.402. The molecule has 2 aromatic rings. The average Bonchev–Trinajstić information content (AvgIpc) is 2.96. The number of halogens is 1. The van der Waals surface area contributed by atoms with E-state index < -0.39 is 11.0 Å². The molecule has 7 nitrogen and oxygen atoms in total. The van der Waals surface area contributed by atoms with Gasteiger partial charge in [0.2, 0.25) is 0 Å². The van der Waals surface area contributed by atoms with Gasteiger partial charge in [0, 0.05) is 4.47 Å². The van der Waals surface area contributed by atoms with Gasteiger partial charge in [-0.1, -0.05) is 15.9 Å². The molecule has 1 unspecified atom stereocenters. The quantitative estimate of drug-likeness (QED) is 0.671. The molecule has 2 heterocycles. The molecule has 1 aromatic carbocycles. The van der Waals surface area contributed by atoms with Crippen molar-refractivity contribution < 1.29 is 18.8 Å². The lowest BCUT2D eigenvalue weighted by Gasteiger charge is -2.21. The highest BCUT2D eigenvalue weighted by molar-refractivity contribution is 9.10. The largest absolute Gasteiger partial charge is 0.486 e. The molecule has 0 fully saturated rings. The standard InChI is InChI=1S/C13H11BrN2O5/c14-8-6-11-10(19-3-4-20-11)5-7(8)13(15)9-1-2-12(21-9)16(17)18/h1-2,5-6,13H,3-4,15H2. The van der Waals surface area contributed by atoms with Crippen molar-refractivity contribution in [2.45, 2.75) is 6.04 Å². The van der Waals surface area contributed by atoms with Crippen molar-refractivity contribution in [2.75, 3.05) is 13.2 Å². The van der Waals surface area contributed by atoms with Gasteiger partial charge in [0.15, 0.2) is 11.5 Å². The van der Waals surface area contributed by atoms with Crippen LogP contribution in [0.2, 0.25) is 0 Å². The highest BCUT2D eigenvalue weighted by atomic mass is 79.9. The predicted octanol–water partition coefficient (Wildman–Crippen LogP) is 2.77. The summed E-state index contributed by atoms with van der Waals surface area (Å²) in [5, 5.41) is 10.7. The third kappa shape index (κ3) is 2.59. The van der Waals surface area contributed by atoms with Crippen molar-refractivity contribution in [3.8, 4) is 11.5 Å². The molecule has 0 aliphatic carbocycles. The molecule has 1 aliphatic rings. The maximum atomic E-state index is 10.7. The molecule has 8 heteroatoms. The van der Waals surface area contributed by atoms with E-state index in [-0.39, 0.29) is 5.88 Å². The highest BCUT2D eigenvalue weighted by Gasteiger charge is 2.23. The number of hydrogen-bond acceptors (Lipinski definition) is 6. The van der Waals surface area contributed by atoms with Crippen molar-refractivity contribution in [2.24, 2.45) is 5.73 Å². The first-order chi connectivity index (χ1) is 10.1. The lowest BCUT2D eigenvalue weighted by atomic mass is 10.0. The Kier molecular flexibility index (Phi) is 3.56. The molecular formula is C13H11BrN2O5. The number of benzene rings is 1. The highest BCUT2D eigenvalue weighted by Crippen LogP contribution is 2.39. The van der Waals surface area contributed by atoms with E-state index >= 15 is 0 Å². The summed E-state index contributed by atoms with van der Waals surface area (Å²) in [6, 6.07) is 5.63. The van der Waals surface area contributed by atoms with E-state index in [0.717, 1.165) is 4.47 Å². The third-order valence-electron chi connectivity index (χ3n) is 3.10. The van der Waals surface area contributed by atoms with Crippen LogP contribution in [0.1, 0.15) is 17.4 Å². The first-order valence-corrected chi connectivity index (χ1v) is 6.94. The zero-order valence-corrected chi connectivity index (χ0v) is 12.3. The molecule has 110 valence electrons. The average molecular weight is 355 g/mol. The second kappa shape index (κ2) is 5.38. The number of rotatable bonds is 3. The molecule has 1 aromatic heterocycles. The van der Waals surface area contributed by atoms with E-state index in [2.05, 4.69) is 15.9 Å². The monoisotopic (exact) mass is 354 g/mol. The van der Waals surface area contributed by atoms with Gasteiger partial charge in [-0.3, -0.25) is 10.1 Å². The number of nitro groups is 1. The summed E-state index contributed by atoms with van der Waals surface area (Å²) in [4.78, 5) is 10.1. The predicted molar refractivity (Wildman–Crippen MR) is 76.5 cm³/mol. The van der Waals surface area contributed by atoms with Crippen LogP contribution in [-0.2, 0) is 0 Å². The van der Waals surface area contributed by atoms with Gasteiger partial charge in [0.25, 0.3) is 0 Å². The molecule has 0 bridgehead atoms. The second-order valence-corrected chi connectivity index (χ2v) is 5.28. The molecule has 1 atom stereocenters. The summed E-state index contributed by atoms with van der Waals surface area (Å²) >= 11 is 3.42. The smallest absolute Gasteiger partial charge is 0.433 e.